The van der Waals surface area contributed by atoms with Gasteiger partial charge in [-0.25, -0.2) is 0 Å². The van der Waals surface area contributed by atoms with E-state index in [1.807, 2.05) is 0 Å². The summed E-state index contributed by atoms with van der Waals surface area (Å²) in [5, 5.41) is 0. The summed E-state index contributed by atoms with van der Waals surface area (Å²) >= 11 is 0. The van der Waals surface area contributed by atoms with Crippen LogP contribution in [0.15, 0.2) is 0 Å². The first kappa shape index (κ1) is 11.5. The van der Waals surface area contributed by atoms with Crippen LogP contribution in [0.3, 0.4) is 0 Å². The van der Waals surface area contributed by atoms with Crippen molar-refractivity contribution >= 4 is 0 Å². The Morgan fingerprint density at radius 3 is 2.47 bits per heavy atom. The molecule has 2 fully saturated rings. The summed E-state index contributed by atoms with van der Waals surface area (Å²) in [6, 6.07) is 0. The van der Waals surface area contributed by atoms with Crippen LogP contribution in [0.4, 0.5) is 0 Å². The molecule has 2 aliphatic carbocycles. The third-order valence-corrected chi connectivity index (χ3v) is 4.95. The zero-order valence-electron chi connectivity index (χ0n) is 10.7. The van der Waals surface area contributed by atoms with Crippen LogP contribution in [-0.4, -0.2) is 0 Å². The molecule has 4 unspecified atom stereocenters. The molecule has 0 aromatic rings. The predicted molar refractivity (Wildman–Crippen MR) is 66.9 cm³/mol. The van der Waals surface area contributed by atoms with Gasteiger partial charge in [0.2, 0.25) is 0 Å². The summed E-state index contributed by atoms with van der Waals surface area (Å²) in [5.74, 6) is 4.36. The van der Waals surface area contributed by atoms with Gasteiger partial charge >= 0.3 is 0 Å². The van der Waals surface area contributed by atoms with Crippen molar-refractivity contribution in [2.45, 2.75) is 71.6 Å². The van der Waals surface area contributed by atoms with Gasteiger partial charge in [0.25, 0.3) is 0 Å². The Kier molecular flexibility index (Phi) is 4.11. The van der Waals surface area contributed by atoms with E-state index < -0.39 is 0 Å². The van der Waals surface area contributed by atoms with Gasteiger partial charge in [0, 0.05) is 0 Å². The summed E-state index contributed by atoms with van der Waals surface area (Å²) in [4.78, 5) is 0. The van der Waals surface area contributed by atoms with Crippen molar-refractivity contribution in [3.63, 3.8) is 0 Å². The minimum Gasteiger partial charge on any atom is -0.0654 e. The molecule has 0 heterocycles. The van der Waals surface area contributed by atoms with E-state index in [2.05, 4.69) is 13.8 Å². The van der Waals surface area contributed by atoms with E-state index in [1.54, 1.807) is 32.1 Å². The fourth-order valence-corrected chi connectivity index (χ4v) is 3.98. The molecule has 0 bridgehead atoms. The van der Waals surface area contributed by atoms with Gasteiger partial charge in [0.15, 0.2) is 0 Å². The first-order chi connectivity index (χ1) is 7.29. The molecule has 15 heavy (non-hydrogen) atoms. The van der Waals surface area contributed by atoms with Gasteiger partial charge in [-0.3, -0.25) is 0 Å². The number of unbranched alkanes of at least 4 members (excludes halogenated alkanes) is 1. The lowest BCUT2D eigenvalue weighted by molar-refractivity contribution is 0.0996. The topological polar surface area (TPSA) is 0 Å². The molecule has 2 saturated carbocycles. The molecule has 0 heteroatoms. The monoisotopic (exact) mass is 208 g/mol. The molecular formula is C15H28. The van der Waals surface area contributed by atoms with E-state index in [0.29, 0.717) is 0 Å². The molecule has 0 amide bonds. The zero-order valence-corrected chi connectivity index (χ0v) is 10.7. The first-order valence-corrected chi connectivity index (χ1v) is 7.29. The Morgan fingerprint density at radius 1 is 0.933 bits per heavy atom. The molecule has 4 atom stereocenters. The molecule has 0 nitrogen and oxygen atoms in total. The fraction of sp³-hybridized carbons (Fsp3) is 1.00. The lowest BCUT2D eigenvalue weighted by Crippen LogP contribution is -2.30. The predicted octanol–water partition coefficient (Wildman–Crippen LogP) is 5.03. The van der Waals surface area contributed by atoms with E-state index in [-0.39, 0.29) is 0 Å². The van der Waals surface area contributed by atoms with Gasteiger partial charge < -0.3 is 0 Å². The number of hydrogen-bond donors (Lipinski definition) is 0. The lowest BCUT2D eigenvalue weighted by Gasteiger charge is -2.41. The van der Waals surface area contributed by atoms with Gasteiger partial charge in [-0.1, -0.05) is 46.0 Å². The standard InChI is InChI=1S/C15H28/c1-3-4-5-13-7-9-14-10-12(2)6-8-15(14)11-13/h12-15H,3-11H2,1-2H3. The Labute approximate surface area is 95.8 Å². The summed E-state index contributed by atoms with van der Waals surface area (Å²) in [7, 11) is 0. The van der Waals surface area contributed by atoms with Crippen molar-refractivity contribution in [2.75, 3.05) is 0 Å². The molecule has 0 saturated heterocycles. The first-order valence-electron chi connectivity index (χ1n) is 7.29. The summed E-state index contributed by atoms with van der Waals surface area (Å²) < 4.78 is 0. The number of hydrogen-bond acceptors (Lipinski definition) is 0. The normalized spacial score (nSPS) is 41.2. The third kappa shape index (κ3) is 2.98. The third-order valence-electron chi connectivity index (χ3n) is 4.95. The van der Waals surface area contributed by atoms with Crippen molar-refractivity contribution in [1.29, 1.82) is 0 Å². The maximum absolute atomic E-state index is 2.46. The minimum atomic E-state index is 1.03. The van der Waals surface area contributed by atoms with E-state index >= 15 is 0 Å². The van der Waals surface area contributed by atoms with Gasteiger partial charge in [0.1, 0.15) is 0 Å². The highest BCUT2D eigenvalue weighted by atomic mass is 14.4. The van der Waals surface area contributed by atoms with Crippen molar-refractivity contribution in [3.05, 3.63) is 0 Å². The molecular weight excluding hydrogens is 180 g/mol. The van der Waals surface area contributed by atoms with Gasteiger partial charge in [-0.05, 0) is 49.4 Å². The molecule has 0 radical (unpaired) electrons. The van der Waals surface area contributed by atoms with Crippen molar-refractivity contribution in [1.82, 2.24) is 0 Å². The maximum atomic E-state index is 2.46. The quantitative estimate of drug-likeness (QED) is 0.610. The van der Waals surface area contributed by atoms with E-state index in [1.165, 1.54) is 25.7 Å². The Morgan fingerprint density at radius 2 is 1.67 bits per heavy atom. The highest BCUT2D eigenvalue weighted by Crippen LogP contribution is 2.45. The maximum Gasteiger partial charge on any atom is -0.0383 e. The van der Waals surface area contributed by atoms with E-state index in [9.17, 15) is 0 Å². The van der Waals surface area contributed by atoms with Crippen molar-refractivity contribution in [3.8, 4) is 0 Å². The fourth-order valence-electron chi connectivity index (χ4n) is 3.98. The van der Waals surface area contributed by atoms with Gasteiger partial charge in [-0.15, -0.1) is 0 Å². The van der Waals surface area contributed by atoms with Gasteiger partial charge in [-0.2, -0.15) is 0 Å². The van der Waals surface area contributed by atoms with E-state index in [0.717, 1.165) is 23.7 Å². The molecule has 0 N–H and O–H groups in total. The van der Waals surface area contributed by atoms with Crippen LogP contribution in [0.1, 0.15) is 71.6 Å². The SMILES string of the molecule is CCCCC1CCC2CC(C)CCC2C1. The van der Waals surface area contributed by atoms with Crippen LogP contribution in [0.25, 0.3) is 0 Å². The largest absolute Gasteiger partial charge is 0.0654 e. The Balaban J connectivity index is 1.79. The average molecular weight is 208 g/mol. The average Bonchev–Trinajstić information content (AvgIpc) is 2.26. The van der Waals surface area contributed by atoms with Crippen LogP contribution in [0, 0.1) is 23.7 Å². The summed E-state index contributed by atoms with van der Waals surface area (Å²) in [6.07, 6.45) is 13.7. The van der Waals surface area contributed by atoms with E-state index in [4.69, 9.17) is 0 Å². The molecule has 2 aliphatic rings. The summed E-state index contributed by atoms with van der Waals surface area (Å²) in [6.45, 7) is 4.79. The molecule has 0 spiro atoms. The summed E-state index contributed by atoms with van der Waals surface area (Å²) in [5.41, 5.74) is 0. The van der Waals surface area contributed by atoms with Crippen LogP contribution in [0.5, 0.6) is 0 Å². The van der Waals surface area contributed by atoms with Crippen LogP contribution < -0.4 is 0 Å². The number of fused-ring (bicyclic) bond motifs is 1. The molecule has 0 aromatic heterocycles. The second-order valence-electron chi connectivity index (χ2n) is 6.26. The molecule has 88 valence electrons. The second-order valence-corrected chi connectivity index (χ2v) is 6.26. The highest BCUT2D eigenvalue weighted by Gasteiger charge is 2.33. The van der Waals surface area contributed by atoms with Gasteiger partial charge in [0.05, 0.1) is 0 Å². The Hall–Kier alpha value is 0. The minimum absolute atomic E-state index is 1.03. The highest BCUT2D eigenvalue weighted by molar-refractivity contribution is 4.85. The Bertz CT molecular complexity index is 184. The van der Waals surface area contributed by atoms with Crippen LogP contribution >= 0.6 is 0 Å². The zero-order chi connectivity index (χ0) is 10.7. The molecule has 0 aromatic carbocycles. The van der Waals surface area contributed by atoms with Crippen LogP contribution in [-0.2, 0) is 0 Å². The van der Waals surface area contributed by atoms with Crippen molar-refractivity contribution < 1.29 is 0 Å². The second kappa shape index (κ2) is 5.37. The van der Waals surface area contributed by atoms with Crippen molar-refractivity contribution in [2.24, 2.45) is 23.7 Å². The smallest absolute Gasteiger partial charge is 0.0383 e. The van der Waals surface area contributed by atoms with Crippen LogP contribution in [0.2, 0.25) is 0 Å². The number of rotatable bonds is 3. The molecule has 2 rings (SSSR count). The molecule has 0 aliphatic heterocycles. The lowest BCUT2D eigenvalue weighted by atomic mass is 9.64.